The fraction of sp³-hybridized carbons (Fsp3) is 0. The van der Waals surface area contributed by atoms with Crippen molar-refractivity contribution in [3.8, 4) is 0 Å². The van der Waals surface area contributed by atoms with E-state index in [1.54, 1.807) is 36.7 Å². The Hall–Kier alpha value is -3.62. The number of pyridine rings is 2. The first-order valence-corrected chi connectivity index (χ1v) is 11.8. The van der Waals surface area contributed by atoms with Gasteiger partial charge in [0.15, 0.2) is 0 Å². The monoisotopic (exact) mass is 458 g/mol. The van der Waals surface area contributed by atoms with Crippen molar-refractivity contribution in [2.75, 3.05) is 10.6 Å². The molecule has 2 heterocycles. The summed E-state index contributed by atoms with van der Waals surface area (Å²) in [4.78, 5) is 34.2. The molecule has 2 aromatic carbocycles. The fourth-order valence-corrected chi connectivity index (χ4v) is 4.92. The Labute approximate surface area is 193 Å². The van der Waals surface area contributed by atoms with E-state index in [-0.39, 0.29) is 11.8 Å². The molecule has 2 N–H and O–H groups in total. The van der Waals surface area contributed by atoms with Gasteiger partial charge in [0.1, 0.15) is 10.1 Å². The van der Waals surface area contributed by atoms with Gasteiger partial charge in [-0.05, 0) is 70.1 Å². The number of nitrogens with zero attached hydrogens (tertiary/aromatic N) is 2. The van der Waals surface area contributed by atoms with Gasteiger partial charge in [0.2, 0.25) is 0 Å². The minimum Gasteiger partial charge on any atom is -0.322 e. The lowest BCUT2D eigenvalue weighted by molar-refractivity contribution is 0.101. The Balaban J connectivity index is 1.49. The third-order valence-electron chi connectivity index (χ3n) is 4.29. The molecule has 158 valence electrons. The topological polar surface area (TPSA) is 84.0 Å². The molecule has 0 aliphatic heterocycles. The van der Waals surface area contributed by atoms with Crippen molar-refractivity contribution in [3.05, 3.63) is 108 Å². The van der Waals surface area contributed by atoms with Gasteiger partial charge in [-0.2, -0.15) is 0 Å². The Morgan fingerprint density at radius 1 is 0.562 bits per heavy atom. The Bertz CT molecular complexity index is 1120. The summed E-state index contributed by atoms with van der Waals surface area (Å²) in [6.07, 6.45) is 3.26. The highest BCUT2D eigenvalue weighted by Gasteiger charge is 2.17. The molecule has 0 fully saturated rings. The molecule has 2 aromatic heterocycles. The van der Waals surface area contributed by atoms with E-state index in [0.717, 1.165) is 0 Å². The number of aromatic nitrogens is 2. The minimum absolute atomic E-state index is 0.254. The molecule has 2 amide bonds. The summed E-state index contributed by atoms with van der Waals surface area (Å²) in [5.74, 6) is -0.508. The Morgan fingerprint density at radius 2 is 0.969 bits per heavy atom. The molecule has 8 heteroatoms. The first kappa shape index (κ1) is 21.6. The van der Waals surface area contributed by atoms with Gasteiger partial charge in [-0.25, -0.2) is 9.97 Å². The molecule has 32 heavy (non-hydrogen) atoms. The van der Waals surface area contributed by atoms with Gasteiger partial charge < -0.3 is 10.6 Å². The zero-order valence-corrected chi connectivity index (χ0v) is 18.4. The fourth-order valence-electron chi connectivity index (χ4n) is 2.78. The minimum atomic E-state index is -0.254. The molecule has 0 saturated carbocycles. The van der Waals surface area contributed by atoms with Crippen LogP contribution >= 0.6 is 21.6 Å². The number of para-hydroxylation sites is 2. The zero-order valence-electron chi connectivity index (χ0n) is 16.8. The lowest BCUT2D eigenvalue weighted by atomic mass is 10.2. The van der Waals surface area contributed by atoms with Crippen LogP contribution in [0.1, 0.15) is 20.7 Å². The number of carbonyl (C=O) groups is 2. The van der Waals surface area contributed by atoms with Gasteiger partial charge in [-0.15, -0.1) is 0 Å². The van der Waals surface area contributed by atoms with Crippen molar-refractivity contribution in [1.82, 2.24) is 9.97 Å². The first-order valence-electron chi connectivity index (χ1n) is 9.68. The average Bonchev–Trinajstić information content (AvgIpc) is 2.84. The van der Waals surface area contributed by atoms with E-state index in [1.165, 1.54) is 21.6 Å². The first-order chi connectivity index (χ1) is 15.7. The molecule has 0 bridgehead atoms. The number of benzene rings is 2. The van der Waals surface area contributed by atoms with E-state index in [2.05, 4.69) is 20.6 Å². The summed E-state index contributed by atoms with van der Waals surface area (Å²) in [6.45, 7) is 0. The van der Waals surface area contributed by atoms with Crippen LogP contribution in [0.5, 0.6) is 0 Å². The molecule has 0 aliphatic rings. The van der Waals surface area contributed by atoms with Crippen LogP contribution in [0.2, 0.25) is 0 Å². The van der Waals surface area contributed by atoms with Gasteiger partial charge in [0.05, 0.1) is 11.1 Å². The maximum absolute atomic E-state index is 12.8. The second kappa shape index (κ2) is 10.6. The predicted molar refractivity (Wildman–Crippen MR) is 129 cm³/mol. The molecule has 0 atom stereocenters. The highest BCUT2D eigenvalue weighted by atomic mass is 33.1. The lowest BCUT2D eigenvalue weighted by Gasteiger charge is -2.10. The summed E-state index contributed by atoms with van der Waals surface area (Å²) >= 11 is 0. The zero-order chi connectivity index (χ0) is 22.2. The molecule has 0 spiro atoms. The van der Waals surface area contributed by atoms with Crippen LogP contribution < -0.4 is 10.6 Å². The number of hydrogen-bond donors (Lipinski definition) is 2. The van der Waals surface area contributed by atoms with Gasteiger partial charge in [-0.3, -0.25) is 9.59 Å². The molecule has 4 aromatic rings. The molecule has 0 aliphatic carbocycles. The lowest BCUT2D eigenvalue weighted by Crippen LogP contribution is -2.14. The van der Waals surface area contributed by atoms with Gasteiger partial charge in [-0.1, -0.05) is 36.4 Å². The van der Waals surface area contributed by atoms with Crippen molar-refractivity contribution in [3.63, 3.8) is 0 Å². The molecule has 4 rings (SSSR count). The van der Waals surface area contributed by atoms with Gasteiger partial charge >= 0.3 is 0 Å². The number of carbonyl (C=O) groups excluding carboxylic acids is 2. The van der Waals surface area contributed by atoms with Crippen LogP contribution in [-0.4, -0.2) is 21.8 Å². The third kappa shape index (κ3) is 5.54. The Morgan fingerprint density at radius 3 is 1.38 bits per heavy atom. The Kier molecular flexibility index (Phi) is 7.16. The molecular weight excluding hydrogens is 440 g/mol. The van der Waals surface area contributed by atoms with Crippen molar-refractivity contribution in [2.24, 2.45) is 0 Å². The summed E-state index contributed by atoms with van der Waals surface area (Å²) < 4.78 is 0. The van der Waals surface area contributed by atoms with Crippen LogP contribution in [0.4, 0.5) is 11.4 Å². The van der Waals surface area contributed by atoms with Gasteiger partial charge in [0.25, 0.3) is 11.8 Å². The second-order valence-electron chi connectivity index (χ2n) is 6.52. The standard InChI is InChI=1S/C24H18N4O2S2/c29-21(27-17-9-3-1-4-10-17)19-13-7-15-25-23(19)31-32-24-20(14-8-16-26-24)22(30)28-18-11-5-2-6-12-18/h1-16H,(H,27,29)(H,28,30). The number of nitrogens with one attached hydrogen (secondary N) is 2. The van der Waals surface area contributed by atoms with Crippen molar-refractivity contribution < 1.29 is 9.59 Å². The van der Waals surface area contributed by atoms with E-state index >= 15 is 0 Å². The number of hydrogen-bond acceptors (Lipinski definition) is 6. The number of amides is 2. The van der Waals surface area contributed by atoms with Crippen molar-refractivity contribution >= 4 is 44.8 Å². The molecule has 0 saturated heterocycles. The third-order valence-corrected chi connectivity index (χ3v) is 6.54. The highest BCUT2D eigenvalue weighted by molar-refractivity contribution is 8.76. The maximum atomic E-state index is 12.8. The summed E-state index contributed by atoms with van der Waals surface area (Å²) in [6, 6.07) is 25.3. The van der Waals surface area contributed by atoms with E-state index in [0.29, 0.717) is 32.6 Å². The molecule has 6 nitrogen and oxygen atoms in total. The summed E-state index contributed by atoms with van der Waals surface area (Å²) in [5, 5.41) is 6.81. The number of anilines is 2. The number of rotatable bonds is 7. The van der Waals surface area contributed by atoms with E-state index in [1.807, 2.05) is 60.7 Å². The average molecular weight is 459 g/mol. The highest BCUT2D eigenvalue weighted by Crippen LogP contribution is 2.38. The summed E-state index contributed by atoms with van der Waals surface area (Å²) in [7, 11) is 2.56. The second-order valence-corrected chi connectivity index (χ2v) is 8.63. The molecular formula is C24H18N4O2S2. The summed E-state index contributed by atoms with van der Waals surface area (Å²) in [5.41, 5.74) is 2.30. The van der Waals surface area contributed by atoms with Crippen molar-refractivity contribution in [2.45, 2.75) is 10.1 Å². The van der Waals surface area contributed by atoms with Crippen LogP contribution in [0, 0.1) is 0 Å². The van der Waals surface area contributed by atoms with Crippen molar-refractivity contribution in [1.29, 1.82) is 0 Å². The van der Waals surface area contributed by atoms with Crippen LogP contribution in [0.25, 0.3) is 0 Å². The largest absolute Gasteiger partial charge is 0.322 e. The quantitative estimate of drug-likeness (QED) is 0.342. The smallest absolute Gasteiger partial charge is 0.258 e. The van der Waals surface area contributed by atoms with Crippen LogP contribution in [0.15, 0.2) is 107 Å². The maximum Gasteiger partial charge on any atom is 0.258 e. The normalized spacial score (nSPS) is 10.4. The molecule has 0 radical (unpaired) electrons. The van der Waals surface area contributed by atoms with E-state index in [4.69, 9.17) is 0 Å². The van der Waals surface area contributed by atoms with E-state index < -0.39 is 0 Å². The predicted octanol–water partition coefficient (Wildman–Crippen LogP) is 5.78. The van der Waals surface area contributed by atoms with Gasteiger partial charge in [0, 0.05) is 23.8 Å². The van der Waals surface area contributed by atoms with Crippen LogP contribution in [0.3, 0.4) is 0 Å². The van der Waals surface area contributed by atoms with Crippen LogP contribution in [-0.2, 0) is 0 Å². The van der Waals surface area contributed by atoms with E-state index in [9.17, 15) is 9.59 Å². The molecule has 0 unspecified atom stereocenters. The SMILES string of the molecule is O=C(Nc1ccccc1)c1cccnc1SSc1ncccc1C(=O)Nc1ccccc1.